The van der Waals surface area contributed by atoms with Crippen molar-refractivity contribution in [3.8, 4) is 0 Å². The van der Waals surface area contributed by atoms with E-state index < -0.39 is 138 Å². The number of aryl methyl sites for hydroxylation is 1. The first-order chi connectivity index (χ1) is 43.0. The number of aliphatic hydroxyl groups excluding tert-OH is 1. The lowest BCUT2D eigenvalue weighted by Crippen LogP contribution is -2.60. The average molecular weight is 1300 g/mol. The highest BCUT2D eigenvalue weighted by Crippen LogP contribution is 2.34. The number of rotatable bonds is 42. The zero-order valence-electron chi connectivity index (χ0n) is 54.8. The zero-order chi connectivity index (χ0) is 68.2. The molecule has 0 aliphatic carbocycles. The van der Waals surface area contributed by atoms with Crippen LogP contribution in [0.1, 0.15) is 145 Å². The normalized spacial score (nSPS) is 15.2. The number of carboxylic acid groups (broad SMARTS) is 1. The number of carboxylic acids is 1. The van der Waals surface area contributed by atoms with Crippen molar-refractivity contribution in [1.82, 2.24) is 47.9 Å². The van der Waals surface area contributed by atoms with Gasteiger partial charge in [-0.3, -0.25) is 47.9 Å². The van der Waals surface area contributed by atoms with E-state index in [0.29, 0.717) is 55.6 Å². The molecule has 0 saturated heterocycles. The molecule has 3 rings (SSSR count). The fraction of sp³-hybridized carbons (Fsp3) is 0.641. The van der Waals surface area contributed by atoms with Gasteiger partial charge in [0.1, 0.15) is 65.5 Å². The largest absolute Gasteiger partial charge is 0.480 e. The molecule has 0 saturated carbocycles. The van der Waals surface area contributed by atoms with E-state index in [0.717, 1.165) is 21.9 Å². The number of aliphatic hydroxyl groups is 1. The van der Waals surface area contributed by atoms with Crippen LogP contribution in [0.5, 0.6) is 0 Å². The van der Waals surface area contributed by atoms with Gasteiger partial charge < -0.3 is 79.7 Å². The van der Waals surface area contributed by atoms with E-state index in [-0.39, 0.29) is 69.2 Å². The molecule has 0 unspecified atom stereocenters. The van der Waals surface area contributed by atoms with E-state index in [1.807, 2.05) is 71.0 Å². The standard InChI is InChI=1S/C64H102N12O14S/c1-12-37(9)52(62(86)76-53(38(10)13-2)63(87)75-51(36(7)8)64(88)89)73-49(79)26-23-39-18-16-20-41-42-21-17-19-40(55(42)90-54(39)41)27-30-68-57(81)47(32-34(3)4)72-58(82)44(22-14-15-29-65)69-60(84)46(28-31-91-11)70-59(83)45(24-25-48(67)78)71-61(85)50(35(5)6)74-56(80)43(66)33-77/h16-21,34-38,43-47,50-53,77H,12-15,22-33,65-66H2,1-11H3,(H2,67,78)(H,68,81)(H,69,84)(H,70,83)(H,71,85)(H,72,82)(H,73,79)(H,74,80)(H,75,87)(H,76,86)(H,88,89)/t37-,38-,43-,44-,45-,46-,47-,50-,51-,52-,53-/m0/s1. The number of primary amides is 1. The van der Waals surface area contributed by atoms with Crippen LogP contribution in [0.2, 0.25) is 0 Å². The van der Waals surface area contributed by atoms with Gasteiger partial charge in [0.2, 0.25) is 59.1 Å². The van der Waals surface area contributed by atoms with Crippen LogP contribution in [0.15, 0.2) is 40.8 Å². The summed E-state index contributed by atoms with van der Waals surface area (Å²) in [7, 11) is 0. The molecule has 11 atom stereocenters. The molecule has 91 heavy (non-hydrogen) atoms. The smallest absolute Gasteiger partial charge is 0.326 e. The lowest BCUT2D eigenvalue weighted by Gasteiger charge is -2.30. The Morgan fingerprint density at radius 3 is 1.51 bits per heavy atom. The summed E-state index contributed by atoms with van der Waals surface area (Å²) in [6.45, 7) is 17.5. The highest BCUT2D eigenvalue weighted by molar-refractivity contribution is 7.98. The minimum Gasteiger partial charge on any atom is -0.480 e. The number of nitrogens with one attached hydrogen (secondary N) is 9. The molecule has 3 aromatic rings. The van der Waals surface area contributed by atoms with Crippen molar-refractivity contribution in [1.29, 1.82) is 0 Å². The van der Waals surface area contributed by atoms with E-state index in [1.165, 1.54) is 11.8 Å². The number of hydrogen-bond donors (Lipinski definition) is 14. The number of thioether (sulfide) groups is 1. The first-order valence-electron chi connectivity index (χ1n) is 31.7. The van der Waals surface area contributed by atoms with Crippen molar-refractivity contribution in [2.45, 2.75) is 201 Å². The van der Waals surface area contributed by atoms with Crippen LogP contribution in [-0.4, -0.2) is 161 Å². The fourth-order valence-corrected chi connectivity index (χ4v) is 10.6. The van der Waals surface area contributed by atoms with E-state index in [2.05, 4.69) is 47.9 Å². The number of aliphatic carboxylic acids is 1. The lowest BCUT2D eigenvalue weighted by molar-refractivity contribution is -0.144. The van der Waals surface area contributed by atoms with Crippen molar-refractivity contribution in [2.75, 3.05) is 31.7 Å². The summed E-state index contributed by atoms with van der Waals surface area (Å²) >= 11 is 1.39. The van der Waals surface area contributed by atoms with Gasteiger partial charge in [0.25, 0.3) is 0 Å². The topological polar surface area (TPSA) is 428 Å². The molecule has 26 nitrogen and oxygen atoms in total. The zero-order valence-corrected chi connectivity index (χ0v) is 55.6. The summed E-state index contributed by atoms with van der Waals surface area (Å²) in [5.41, 5.74) is 19.5. The molecule has 0 radical (unpaired) electrons. The molecule has 27 heteroatoms. The van der Waals surface area contributed by atoms with Gasteiger partial charge in [-0.25, -0.2) is 4.79 Å². The van der Waals surface area contributed by atoms with Crippen molar-refractivity contribution in [3.63, 3.8) is 0 Å². The first-order valence-corrected chi connectivity index (χ1v) is 33.1. The molecule has 1 aromatic heterocycles. The fourth-order valence-electron chi connectivity index (χ4n) is 10.2. The summed E-state index contributed by atoms with van der Waals surface area (Å²) < 4.78 is 6.57. The monoisotopic (exact) mass is 1290 g/mol. The van der Waals surface area contributed by atoms with Crippen LogP contribution in [-0.2, 0) is 65.6 Å². The molecule has 508 valence electrons. The van der Waals surface area contributed by atoms with Gasteiger partial charge in [-0.15, -0.1) is 0 Å². The average Bonchev–Trinajstić information content (AvgIpc) is 1.64. The van der Waals surface area contributed by atoms with E-state index >= 15 is 0 Å². The van der Waals surface area contributed by atoms with Gasteiger partial charge in [-0.1, -0.05) is 118 Å². The quantitative estimate of drug-likeness (QED) is 0.0361. The Morgan fingerprint density at radius 1 is 0.549 bits per heavy atom. The molecule has 0 aliphatic rings. The van der Waals surface area contributed by atoms with Crippen LogP contribution in [0.25, 0.3) is 21.9 Å². The van der Waals surface area contributed by atoms with Gasteiger partial charge >= 0.3 is 5.97 Å². The Morgan fingerprint density at radius 2 is 1.02 bits per heavy atom. The molecule has 17 N–H and O–H groups in total. The summed E-state index contributed by atoms with van der Waals surface area (Å²) in [6, 6.07) is 0.720. The van der Waals surface area contributed by atoms with Crippen molar-refractivity contribution in [2.24, 2.45) is 46.8 Å². The minimum absolute atomic E-state index is 0.0105. The maximum absolute atomic E-state index is 14.3. The number of nitrogens with two attached hydrogens (primary N) is 3. The van der Waals surface area contributed by atoms with E-state index in [1.54, 1.807) is 40.9 Å². The maximum Gasteiger partial charge on any atom is 0.326 e. The third-order valence-electron chi connectivity index (χ3n) is 16.1. The van der Waals surface area contributed by atoms with Crippen LogP contribution in [0.4, 0.5) is 0 Å². The maximum atomic E-state index is 14.3. The summed E-state index contributed by atoms with van der Waals surface area (Å²) in [5, 5.41) is 45.3. The first kappa shape index (κ1) is 77.9. The van der Waals surface area contributed by atoms with Gasteiger partial charge in [-0.2, -0.15) is 11.8 Å². The molecule has 2 aromatic carbocycles. The molecule has 0 aliphatic heterocycles. The predicted molar refractivity (Wildman–Crippen MR) is 349 cm³/mol. The Hall–Kier alpha value is -7.36. The van der Waals surface area contributed by atoms with Gasteiger partial charge in [0, 0.05) is 30.2 Å². The molecule has 0 fully saturated rings. The van der Waals surface area contributed by atoms with Gasteiger partial charge in [-0.05, 0) is 111 Å². The second kappa shape index (κ2) is 39.1. The second-order valence-electron chi connectivity index (χ2n) is 24.6. The Balaban J connectivity index is 1.80. The third-order valence-corrected chi connectivity index (χ3v) is 16.7. The van der Waals surface area contributed by atoms with Crippen molar-refractivity contribution < 1.29 is 67.4 Å². The highest BCUT2D eigenvalue weighted by Gasteiger charge is 2.37. The lowest BCUT2D eigenvalue weighted by atomic mass is 9.94. The Kier molecular flexibility index (Phi) is 33.5. The summed E-state index contributed by atoms with van der Waals surface area (Å²) in [4.78, 5) is 148. The second-order valence-corrected chi connectivity index (χ2v) is 25.6. The van der Waals surface area contributed by atoms with Crippen LogP contribution < -0.4 is 65.1 Å². The SMILES string of the molecule is CC[C@H](C)[C@H](NC(=O)CCc1cccc2c1oc1c(CCNC(=O)[C@H](CC(C)C)NC(=O)[C@H](CCCCN)NC(=O)[C@H](CCSC)NC(=O)[C@H](CCC(N)=O)NC(=O)[C@@H](NC(=O)[C@@H](N)CO)C(C)C)cccc12)C(=O)N[C@H](C(=O)N[C@H](C(=O)O)C(C)C)[C@@H](C)CC. The number of benzene rings is 2. The molecule has 10 amide bonds. The number of fused-ring (bicyclic) bond motifs is 3. The molecule has 0 spiro atoms. The number of carbonyl (C=O) groups excluding carboxylic acids is 10. The van der Waals surface area contributed by atoms with E-state index in [4.69, 9.17) is 21.6 Å². The highest BCUT2D eigenvalue weighted by atomic mass is 32.2. The summed E-state index contributed by atoms with van der Waals surface area (Å²) in [5.74, 6) is -9.11. The number of para-hydroxylation sites is 2. The van der Waals surface area contributed by atoms with Crippen molar-refractivity contribution in [3.05, 3.63) is 47.5 Å². The number of hydrogen-bond acceptors (Lipinski definition) is 16. The van der Waals surface area contributed by atoms with Crippen molar-refractivity contribution >= 4 is 98.7 Å². The molecule has 0 bridgehead atoms. The van der Waals surface area contributed by atoms with Crippen LogP contribution in [0, 0.1) is 29.6 Å². The number of furan rings is 1. The van der Waals surface area contributed by atoms with Gasteiger partial charge in [0.15, 0.2) is 0 Å². The third kappa shape index (κ3) is 24.7. The molecular weight excluding hydrogens is 1190 g/mol. The van der Waals surface area contributed by atoms with Crippen LogP contribution in [0.3, 0.4) is 0 Å². The van der Waals surface area contributed by atoms with Crippen LogP contribution >= 0.6 is 11.8 Å². The Bertz CT molecular complexity index is 2940. The minimum atomic E-state index is -1.40. The number of unbranched alkanes of at least 4 members (excludes halogenated alkanes) is 1. The Labute approximate surface area is 538 Å². The van der Waals surface area contributed by atoms with E-state index in [9.17, 15) is 63.0 Å². The summed E-state index contributed by atoms with van der Waals surface area (Å²) in [6.07, 6.45) is 4.18. The number of carbonyl (C=O) groups is 11. The molecular formula is C64H102N12O14S. The number of amides is 10. The molecule has 1 heterocycles. The van der Waals surface area contributed by atoms with Gasteiger partial charge in [0.05, 0.1) is 6.61 Å². The predicted octanol–water partition coefficient (Wildman–Crippen LogP) is 2.06.